The van der Waals surface area contributed by atoms with Crippen molar-refractivity contribution in [3.63, 3.8) is 0 Å². The molecule has 1 aliphatic heterocycles. The van der Waals surface area contributed by atoms with Gasteiger partial charge in [0.15, 0.2) is 0 Å². The van der Waals surface area contributed by atoms with Crippen LogP contribution in [0.25, 0.3) is 11.6 Å². The van der Waals surface area contributed by atoms with E-state index >= 15 is 0 Å². The van der Waals surface area contributed by atoms with Crippen LogP contribution in [0.1, 0.15) is 24.5 Å². The number of fused-ring (bicyclic) bond motifs is 1. The first kappa shape index (κ1) is 17.7. The van der Waals surface area contributed by atoms with Gasteiger partial charge in [-0.25, -0.2) is 13.1 Å². The quantitative estimate of drug-likeness (QED) is 0.784. The first-order chi connectivity index (χ1) is 11.9. The molecule has 0 unspecified atom stereocenters. The third-order valence-corrected chi connectivity index (χ3v) is 5.48. The third-order valence-electron chi connectivity index (χ3n) is 3.79. The predicted molar refractivity (Wildman–Crippen MR) is 99.9 cm³/mol. The number of benzene rings is 2. The first-order valence-electron chi connectivity index (χ1n) is 7.83. The molecule has 7 heteroatoms. The van der Waals surface area contributed by atoms with E-state index in [9.17, 15) is 13.2 Å². The Morgan fingerprint density at radius 2 is 2.00 bits per heavy atom. The molecule has 0 aromatic heterocycles. The topological polar surface area (TPSA) is 75.3 Å². The number of carbonyl (C=O) groups is 1. The normalized spacial score (nSPS) is 15.3. The molecule has 1 heterocycles. The zero-order valence-corrected chi connectivity index (χ0v) is 15.1. The molecule has 1 aliphatic rings. The van der Waals surface area contributed by atoms with Gasteiger partial charge >= 0.3 is 0 Å². The molecular formula is C18H17ClN2O3S. The van der Waals surface area contributed by atoms with Crippen molar-refractivity contribution in [2.45, 2.75) is 18.2 Å². The first-order valence-corrected chi connectivity index (χ1v) is 9.69. The number of anilines is 1. The third kappa shape index (κ3) is 3.76. The minimum absolute atomic E-state index is 0.171. The standard InChI is InChI=1S/C18H17ClN2O3S/c1-2-8-20-25(23,24)14-5-3-4-12(9-14)10-16-15-7-6-13(19)11-17(15)21-18(16)22/h3-7,9-11,20H,2,8H2,1H3,(H,21,22)/b16-10-. The molecule has 0 radical (unpaired) electrons. The second-order valence-corrected chi connectivity index (χ2v) is 7.88. The molecule has 2 N–H and O–H groups in total. The zero-order valence-electron chi connectivity index (χ0n) is 13.5. The fourth-order valence-corrected chi connectivity index (χ4v) is 3.93. The molecule has 25 heavy (non-hydrogen) atoms. The second kappa shape index (κ2) is 7.00. The highest BCUT2D eigenvalue weighted by Gasteiger charge is 2.24. The van der Waals surface area contributed by atoms with E-state index in [1.165, 1.54) is 6.07 Å². The molecule has 0 bridgehead atoms. The van der Waals surface area contributed by atoms with Crippen LogP contribution in [0.15, 0.2) is 47.4 Å². The Hall–Kier alpha value is -2.15. The van der Waals surface area contributed by atoms with E-state index < -0.39 is 10.0 Å². The van der Waals surface area contributed by atoms with E-state index in [4.69, 9.17) is 11.6 Å². The summed E-state index contributed by atoms with van der Waals surface area (Å²) in [5.41, 5.74) is 2.50. The van der Waals surface area contributed by atoms with E-state index in [1.807, 2.05) is 6.92 Å². The van der Waals surface area contributed by atoms with Gasteiger partial charge in [0.05, 0.1) is 10.6 Å². The molecule has 2 aromatic carbocycles. The summed E-state index contributed by atoms with van der Waals surface area (Å²) in [6, 6.07) is 11.7. The Balaban J connectivity index is 1.98. The molecule has 3 rings (SSSR count). The molecule has 0 atom stereocenters. The van der Waals surface area contributed by atoms with E-state index in [1.54, 1.807) is 42.5 Å². The Labute approximate surface area is 151 Å². The molecule has 0 saturated carbocycles. The number of carbonyl (C=O) groups excluding carboxylic acids is 1. The van der Waals surface area contributed by atoms with Gasteiger partial charge in [-0.1, -0.05) is 36.7 Å². The average molecular weight is 377 g/mol. The molecule has 0 fully saturated rings. The summed E-state index contributed by atoms with van der Waals surface area (Å²) < 4.78 is 27.0. The smallest absolute Gasteiger partial charge is 0.256 e. The molecule has 1 amide bonds. The van der Waals surface area contributed by atoms with Crippen molar-refractivity contribution in [3.05, 3.63) is 58.6 Å². The van der Waals surface area contributed by atoms with Crippen LogP contribution in [-0.2, 0) is 14.8 Å². The molecule has 130 valence electrons. The molecule has 0 saturated heterocycles. The summed E-state index contributed by atoms with van der Waals surface area (Å²) in [4.78, 5) is 12.4. The van der Waals surface area contributed by atoms with Gasteiger partial charge in [0.2, 0.25) is 10.0 Å². The molecular weight excluding hydrogens is 360 g/mol. The zero-order chi connectivity index (χ0) is 18.0. The summed E-state index contributed by atoms with van der Waals surface area (Å²) in [7, 11) is -3.56. The molecule has 0 spiro atoms. The van der Waals surface area contributed by atoms with Gasteiger partial charge in [-0.05, 0) is 42.3 Å². The minimum Gasteiger partial charge on any atom is -0.321 e. The number of halogens is 1. The van der Waals surface area contributed by atoms with Crippen molar-refractivity contribution < 1.29 is 13.2 Å². The lowest BCUT2D eigenvalue weighted by Gasteiger charge is -2.06. The van der Waals surface area contributed by atoms with Gasteiger partial charge in [0.1, 0.15) is 0 Å². The summed E-state index contributed by atoms with van der Waals surface area (Å²) in [6.45, 7) is 2.27. The Morgan fingerprint density at radius 1 is 1.20 bits per heavy atom. The van der Waals surface area contributed by atoms with E-state index in [2.05, 4.69) is 10.0 Å². The summed E-state index contributed by atoms with van der Waals surface area (Å²) in [5, 5.41) is 3.30. The number of hydrogen-bond acceptors (Lipinski definition) is 3. The fourth-order valence-electron chi connectivity index (χ4n) is 2.57. The van der Waals surface area contributed by atoms with Crippen LogP contribution >= 0.6 is 11.6 Å². The van der Waals surface area contributed by atoms with Crippen LogP contribution in [0.4, 0.5) is 5.69 Å². The highest BCUT2D eigenvalue weighted by Crippen LogP contribution is 2.35. The monoisotopic (exact) mass is 376 g/mol. The Morgan fingerprint density at radius 3 is 2.76 bits per heavy atom. The SMILES string of the molecule is CCCNS(=O)(=O)c1cccc(/C=C2\C(=O)Nc3cc(Cl)ccc32)c1. The number of sulfonamides is 1. The van der Waals surface area contributed by atoms with E-state index in [0.29, 0.717) is 34.8 Å². The summed E-state index contributed by atoms with van der Waals surface area (Å²) in [5.74, 6) is -0.241. The van der Waals surface area contributed by atoms with Crippen LogP contribution < -0.4 is 10.0 Å². The second-order valence-electron chi connectivity index (χ2n) is 5.67. The van der Waals surface area contributed by atoms with Crippen LogP contribution in [0.3, 0.4) is 0 Å². The van der Waals surface area contributed by atoms with E-state index in [0.717, 1.165) is 5.56 Å². The number of nitrogens with one attached hydrogen (secondary N) is 2. The van der Waals surface area contributed by atoms with Crippen LogP contribution in [0, 0.1) is 0 Å². The van der Waals surface area contributed by atoms with Crippen molar-refractivity contribution in [2.24, 2.45) is 0 Å². The van der Waals surface area contributed by atoms with Crippen molar-refractivity contribution in [1.29, 1.82) is 0 Å². The number of amides is 1. The minimum atomic E-state index is -3.56. The largest absolute Gasteiger partial charge is 0.321 e. The van der Waals surface area contributed by atoms with Gasteiger partial charge in [0, 0.05) is 22.7 Å². The lowest BCUT2D eigenvalue weighted by Crippen LogP contribution is -2.24. The predicted octanol–water partition coefficient (Wildman–Crippen LogP) is 3.52. The maximum atomic E-state index is 12.3. The van der Waals surface area contributed by atoms with Gasteiger partial charge in [-0.3, -0.25) is 4.79 Å². The summed E-state index contributed by atoms with van der Waals surface area (Å²) >= 11 is 5.95. The van der Waals surface area contributed by atoms with Crippen molar-refractivity contribution in [3.8, 4) is 0 Å². The number of hydrogen-bond donors (Lipinski definition) is 2. The van der Waals surface area contributed by atoms with Crippen molar-refractivity contribution in [1.82, 2.24) is 4.72 Å². The van der Waals surface area contributed by atoms with Gasteiger partial charge in [0.25, 0.3) is 5.91 Å². The Kier molecular flexibility index (Phi) is 4.94. The van der Waals surface area contributed by atoms with Gasteiger partial charge < -0.3 is 5.32 Å². The highest BCUT2D eigenvalue weighted by molar-refractivity contribution is 7.89. The van der Waals surface area contributed by atoms with Gasteiger partial charge in [-0.15, -0.1) is 0 Å². The lowest BCUT2D eigenvalue weighted by atomic mass is 10.0. The molecule has 2 aromatic rings. The van der Waals surface area contributed by atoms with Crippen LogP contribution in [-0.4, -0.2) is 20.9 Å². The lowest BCUT2D eigenvalue weighted by molar-refractivity contribution is -0.110. The molecule has 5 nitrogen and oxygen atoms in total. The maximum absolute atomic E-state index is 12.3. The Bertz CT molecular complexity index is 968. The maximum Gasteiger partial charge on any atom is 0.256 e. The van der Waals surface area contributed by atoms with Crippen molar-refractivity contribution >= 4 is 44.9 Å². The van der Waals surface area contributed by atoms with E-state index in [-0.39, 0.29) is 10.8 Å². The van der Waals surface area contributed by atoms with Crippen LogP contribution in [0.5, 0.6) is 0 Å². The van der Waals surface area contributed by atoms with Crippen molar-refractivity contribution in [2.75, 3.05) is 11.9 Å². The van der Waals surface area contributed by atoms with Gasteiger partial charge in [-0.2, -0.15) is 0 Å². The number of rotatable bonds is 5. The molecule has 0 aliphatic carbocycles. The average Bonchev–Trinajstić information content (AvgIpc) is 2.88. The van der Waals surface area contributed by atoms with Crippen LogP contribution in [0.2, 0.25) is 5.02 Å². The summed E-state index contributed by atoms with van der Waals surface area (Å²) in [6.07, 6.45) is 2.39. The highest BCUT2D eigenvalue weighted by atomic mass is 35.5. The fraction of sp³-hybridized carbons (Fsp3) is 0.167.